The molecule has 23 heavy (non-hydrogen) atoms. The second-order valence-electron chi connectivity index (χ2n) is 5.90. The van der Waals surface area contributed by atoms with E-state index in [4.69, 9.17) is 4.74 Å². The number of fused-ring (bicyclic) bond motifs is 1. The van der Waals surface area contributed by atoms with Crippen molar-refractivity contribution in [1.29, 1.82) is 0 Å². The van der Waals surface area contributed by atoms with E-state index in [-0.39, 0.29) is 49.6 Å². The molecular weight excluding hydrogens is 364 g/mol. The molecule has 2 aliphatic heterocycles. The first kappa shape index (κ1) is 16.4. The maximum Gasteiger partial charge on any atom is 0.249 e. The molecule has 2 heterocycles. The van der Waals surface area contributed by atoms with Crippen LogP contribution in [0.5, 0.6) is 0 Å². The van der Waals surface area contributed by atoms with Gasteiger partial charge in [-0.05, 0) is 17.7 Å². The molecule has 0 spiro atoms. The lowest BCUT2D eigenvalue weighted by atomic mass is 9.74. The summed E-state index contributed by atoms with van der Waals surface area (Å²) in [6.45, 7) is 0.439. The first-order valence-electron chi connectivity index (χ1n) is 7.51. The lowest BCUT2D eigenvalue weighted by molar-refractivity contribution is -0.168. The van der Waals surface area contributed by atoms with Crippen LogP contribution in [0.3, 0.4) is 0 Å². The first-order chi connectivity index (χ1) is 11.1. The fourth-order valence-electron chi connectivity index (χ4n) is 3.59. The SMILES string of the molecule is COCC(=O)N1CC(=O)N2[C@H](CO)[C@H](c3ccc(Br)cc3)[C@H]2C1. The Balaban J connectivity index is 1.82. The Morgan fingerprint density at radius 3 is 2.70 bits per heavy atom. The molecular formula is C16H19BrN2O4. The van der Waals surface area contributed by atoms with Crippen molar-refractivity contribution >= 4 is 27.7 Å². The van der Waals surface area contributed by atoms with Crippen LogP contribution < -0.4 is 0 Å². The van der Waals surface area contributed by atoms with E-state index in [2.05, 4.69) is 15.9 Å². The number of halogens is 1. The largest absolute Gasteiger partial charge is 0.394 e. The number of piperazine rings is 1. The van der Waals surface area contributed by atoms with Crippen LogP contribution in [-0.2, 0) is 14.3 Å². The number of nitrogens with zero attached hydrogens (tertiary/aromatic N) is 2. The molecule has 0 radical (unpaired) electrons. The number of methoxy groups -OCH3 is 1. The van der Waals surface area contributed by atoms with Crippen LogP contribution in [0.1, 0.15) is 11.5 Å². The van der Waals surface area contributed by atoms with E-state index in [1.165, 1.54) is 7.11 Å². The molecule has 0 bridgehead atoms. The summed E-state index contributed by atoms with van der Waals surface area (Å²) in [6.07, 6.45) is 0. The monoisotopic (exact) mass is 382 g/mol. The zero-order chi connectivity index (χ0) is 16.6. The summed E-state index contributed by atoms with van der Waals surface area (Å²) in [4.78, 5) is 27.7. The van der Waals surface area contributed by atoms with Crippen LogP contribution in [0.25, 0.3) is 0 Å². The van der Waals surface area contributed by atoms with Crippen LogP contribution in [0.2, 0.25) is 0 Å². The second-order valence-corrected chi connectivity index (χ2v) is 6.82. The van der Waals surface area contributed by atoms with Crippen molar-refractivity contribution in [3.8, 4) is 0 Å². The molecule has 124 valence electrons. The predicted octanol–water partition coefficient (Wildman–Crippen LogP) is 0.593. The summed E-state index contributed by atoms with van der Waals surface area (Å²) in [5.41, 5.74) is 1.07. The molecule has 1 aromatic rings. The summed E-state index contributed by atoms with van der Waals surface area (Å²) in [7, 11) is 1.46. The molecule has 3 atom stereocenters. The third kappa shape index (κ3) is 2.88. The summed E-state index contributed by atoms with van der Waals surface area (Å²) in [5, 5.41) is 9.68. The van der Waals surface area contributed by atoms with Gasteiger partial charge in [-0.25, -0.2) is 0 Å². The van der Waals surface area contributed by atoms with Crippen molar-refractivity contribution in [3.63, 3.8) is 0 Å². The minimum absolute atomic E-state index is 0.0214. The highest BCUT2D eigenvalue weighted by atomic mass is 79.9. The van der Waals surface area contributed by atoms with E-state index in [1.54, 1.807) is 9.80 Å². The third-order valence-electron chi connectivity index (χ3n) is 4.63. The predicted molar refractivity (Wildman–Crippen MR) is 86.8 cm³/mol. The lowest BCUT2D eigenvalue weighted by Crippen LogP contribution is -2.73. The van der Waals surface area contributed by atoms with Crippen LogP contribution in [0, 0.1) is 0 Å². The summed E-state index contributed by atoms with van der Waals surface area (Å²) in [6, 6.07) is 7.59. The fourth-order valence-corrected chi connectivity index (χ4v) is 3.85. The van der Waals surface area contributed by atoms with Gasteiger partial charge in [-0.15, -0.1) is 0 Å². The maximum atomic E-state index is 12.3. The molecule has 2 saturated heterocycles. The molecule has 0 saturated carbocycles. The summed E-state index contributed by atoms with van der Waals surface area (Å²) < 4.78 is 5.86. The molecule has 2 amide bonds. The third-order valence-corrected chi connectivity index (χ3v) is 5.16. The average Bonchev–Trinajstić information content (AvgIpc) is 2.51. The van der Waals surface area contributed by atoms with Crippen LogP contribution in [0.15, 0.2) is 28.7 Å². The zero-order valence-corrected chi connectivity index (χ0v) is 14.4. The smallest absolute Gasteiger partial charge is 0.249 e. The number of ether oxygens (including phenoxy) is 1. The molecule has 6 nitrogen and oxygen atoms in total. The topological polar surface area (TPSA) is 70.1 Å². The van der Waals surface area contributed by atoms with Crippen LogP contribution in [0.4, 0.5) is 0 Å². The van der Waals surface area contributed by atoms with Gasteiger partial charge in [0, 0.05) is 24.0 Å². The van der Waals surface area contributed by atoms with E-state index < -0.39 is 0 Å². The molecule has 0 unspecified atom stereocenters. The van der Waals surface area contributed by atoms with E-state index in [9.17, 15) is 14.7 Å². The van der Waals surface area contributed by atoms with Gasteiger partial charge in [0.25, 0.3) is 0 Å². The van der Waals surface area contributed by atoms with E-state index >= 15 is 0 Å². The highest BCUT2D eigenvalue weighted by Gasteiger charge is 2.54. The molecule has 1 aromatic carbocycles. The number of aliphatic hydroxyl groups excluding tert-OH is 1. The van der Waals surface area contributed by atoms with Crippen molar-refractivity contribution in [2.45, 2.75) is 18.0 Å². The normalized spacial score (nSPS) is 26.7. The van der Waals surface area contributed by atoms with Gasteiger partial charge in [0.05, 0.1) is 25.2 Å². The number of hydrogen-bond donors (Lipinski definition) is 1. The number of rotatable bonds is 4. The van der Waals surface area contributed by atoms with Gasteiger partial charge in [-0.1, -0.05) is 28.1 Å². The van der Waals surface area contributed by atoms with Crippen molar-refractivity contribution < 1.29 is 19.4 Å². The Morgan fingerprint density at radius 1 is 1.39 bits per heavy atom. The average molecular weight is 383 g/mol. The van der Waals surface area contributed by atoms with Gasteiger partial charge >= 0.3 is 0 Å². The first-order valence-corrected chi connectivity index (χ1v) is 8.30. The molecule has 0 aliphatic carbocycles. The molecule has 1 N–H and O–H groups in total. The Kier molecular flexibility index (Phi) is 4.70. The quantitative estimate of drug-likeness (QED) is 0.827. The minimum atomic E-state index is -0.214. The second kappa shape index (κ2) is 6.59. The Morgan fingerprint density at radius 2 is 2.09 bits per heavy atom. The lowest BCUT2D eigenvalue weighted by Gasteiger charge is -2.58. The number of hydrogen-bond acceptors (Lipinski definition) is 4. The number of carbonyl (C=O) groups excluding carboxylic acids is 2. The van der Waals surface area contributed by atoms with Gasteiger partial charge in [0.2, 0.25) is 11.8 Å². The standard InChI is InChI=1S/C16H19BrN2O4/c1-23-9-15(22)18-6-12-16(10-2-4-11(17)5-3-10)13(8-20)19(12)14(21)7-18/h2-5,12-13,16,20H,6-9H2,1H3/t12-,13-,16-/m1/s1. The van der Waals surface area contributed by atoms with E-state index in [0.29, 0.717) is 6.54 Å². The van der Waals surface area contributed by atoms with E-state index in [1.807, 2.05) is 24.3 Å². The van der Waals surface area contributed by atoms with Gasteiger partial charge in [0.1, 0.15) is 6.61 Å². The van der Waals surface area contributed by atoms with E-state index in [0.717, 1.165) is 10.0 Å². The van der Waals surface area contributed by atoms with Gasteiger partial charge in [-0.2, -0.15) is 0 Å². The number of amides is 2. The van der Waals surface area contributed by atoms with Crippen molar-refractivity contribution in [3.05, 3.63) is 34.3 Å². The molecule has 7 heteroatoms. The van der Waals surface area contributed by atoms with Gasteiger partial charge in [0.15, 0.2) is 0 Å². The highest BCUT2D eigenvalue weighted by Crippen LogP contribution is 2.43. The molecule has 3 rings (SSSR count). The maximum absolute atomic E-state index is 12.3. The summed E-state index contributed by atoms with van der Waals surface area (Å²) in [5.74, 6) is -0.254. The zero-order valence-electron chi connectivity index (χ0n) is 12.8. The highest BCUT2D eigenvalue weighted by molar-refractivity contribution is 9.10. The fraction of sp³-hybridized carbons (Fsp3) is 0.500. The Labute approximate surface area is 143 Å². The van der Waals surface area contributed by atoms with Crippen molar-refractivity contribution in [2.24, 2.45) is 0 Å². The Hall–Kier alpha value is -1.44. The number of carbonyl (C=O) groups is 2. The summed E-state index contributed by atoms with van der Waals surface area (Å²) >= 11 is 3.41. The van der Waals surface area contributed by atoms with Crippen LogP contribution >= 0.6 is 15.9 Å². The van der Waals surface area contributed by atoms with Gasteiger partial charge < -0.3 is 19.6 Å². The number of aliphatic hydroxyl groups is 1. The van der Waals surface area contributed by atoms with Crippen LogP contribution in [-0.4, -0.2) is 72.2 Å². The number of benzene rings is 1. The Bertz CT molecular complexity index is 607. The molecule has 2 fully saturated rings. The van der Waals surface area contributed by atoms with Crippen molar-refractivity contribution in [2.75, 3.05) is 33.4 Å². The minimum Gasteiger partial charge on any atom is -0.394 e. The van der Waals surface area contributed by atoms with Crippen molar-refractivity contribution in [1.82, 2.24) is 9.80 Å². The molecule has 2 aliphatic rings. The van der Waals surface area contributed by atoms with Gasteiger partial charge in [-0.3, -0.25) is 9.59 Å². The molecule has 0 aromatic heterocycles.